The maximum absolute atomic E-state index is 12.8. The van der Waals surface area contributed by atoms with E-state index in [1.165, 1.54) is 4.68 Å². The molecule has 8 nitrogen and oxygen atoms in total. The summed E-state index contributed by atoms with van der Waals surface area (Å²) in [5, 5.41) is 9.14. The maximum Gasteiger partial charge on any atom is 0.340 e. The van der Waals surface area contributed by atoms with Gasteiger partial charge in [0.15, 0.2) is 11.6 Å². The maximum atomic E-state index is 12.8. The van der Waals surface area contributed by atoms with Crippen LogP contribution in [0.25, 0.3) is 11.4 Å². The molecule has 152 valence electrons. The number of H-pyrrole nitrogens is 1. The number of thioether (sulfide) groups is 1. The first-order valence-corrected chi connectivity index (χ1v) is 10.2. The van der Waals surface area contributed by atoms with Gasteiger partial charge in [-0.3, -0.25) is 4.79 Å². The number of nitrogens with one attached hydrogen (secondary N) is 1. The fraction of sp³-hybridized carbons (Fsp3) is 0.263. The molecule has 0 atom stereocenters. The van der Waals surface area contributed by atoms with Crippen LogP contribution in [-0.4, -0.2) is 44.0 Å². The summed E-state index contributed by atoms with van der Waals surface area (Å²) in [5.74, 6) is 5.85. The van der Waals surface area contributed by atoms with E-state index in [-0.39, 0.29) is 23.7 Å². The highest BCUT2D eigenvalue weighted by atomic mass is 35.5. The summed E-state index contributed by atoms with van der Waals surface area (Å²) >= 11 is 7.05. The minimum Gasteiger partial charge on any atom is -0.462 e. The van der Waals surface area contributed by atoms with E-state index in [9.17, 15) is 9.59 Å². The van der Waals surface area contributed by atoms with Crippen LogP contribution in [0.3, 0.4) is 0 Å². The molecular formula is C19H20ClN5O3S. The highest BCUT2D eigenvalue weighted by Crippen LogP contribution is 2.26. The molecule has 0 aliphatic heterocycles. The molecule has 0 radical (unpaired) electrons. The molecule has 3 aromatic rings. The molecule has 1 aromatic carbocycles. The summed E-state index contributed by atoms with van der Waals surface area (Å²) in [5.41, 5.74) is 2.57. The van der Waals surface area contributed by atoms with E-state index in [4.69, 9.17) is 22.2 Å². The number of nitrogen functional groups attached to an aromatic ring is 1. The second-order valence-electron chi connectivity index (χ2n) is 6.24. The van der Waals surface area contributed by atoms with Gasteiger partial charge in [-0.2, -0.15) is 0 Å². The van der Waals surface area contributed by atoms with Gasteiger partial charge in [0.2, 0.25) is 5.16 Å². The number of benzene rings is 1. The van der Waals surface area contributed by atoms with Gasteiger partial charge in [-0.1, -0.05) is 23.4 Å². The first-order valence-electron chi connectivity index (χ1n) is 8.82. The number of aromatic nitrogens is 4. The van der Waals surface area contributed by atoms with Gasteiger partial charge in [0.1, 0.15) is 0 Å². The monoisotopic (exact) mass is 433 g/mol. The number of nitrogens with zero attached hydrogens (tertiary/aromatic N) is 3. The van der Waals surface area contributed by atoms with Crippen molar-refractivity contribution in [3.05, 3.63) is 51.8 Å². The number of halogens is 1. The first-order chi connectivity index (χ1) is 13.8. The van der Waals surface area contributed by atoms with E-state index in [0.29, 0.717) is 33.0 Å². The number of ether oxygens (including phenoxy) is 1. The van der Waals surface area contributed by atoms with Crippen molar-refractivity contribution in [1.82, 2.24) is 19.9 Å². The topological polar surface area (TPSA) is 116 Å². The lowest BCUT2D eigenvalue weighted by molar-refractivity contribution is 0.0522. The average molecular weight is 434 g/mol. The Kier molecular flexibility index (Phi) is 6.29. The van der Waals surface area contributed by atoms with Crippen LogP contribution in [0.2, 0.25) is 5.02 Å². The Hall–Kier alpha value is -2.78. The zero-order valence-corrected chi connectivity index (χ0v) is 17.7. The highest BCUT2D eigenvalue weighted by molar-refractivity contribution is 7.99. The van der Waals surface area contributed by atoms with Crippen molar-refractivity contribution >= 4 is 35.1 Å². The summed E-state index contributed by atoms with van der Waals surface area (Å²) in [6.45, 7) is 5.43. The number of ketones is 1. The van der Waals surface area contributed by atoms with Gasteiger partial charge < -0.3 is 15.6 Å². The van der Waals surface area contributed by atoms with Crippen molar-refractivity contribution in [2.24, 2.45) is 0 Å². The van der Waals surface area contributed by atoms with E-state index >= 15 is 0 Å². The summed E-state index contributed by atoms with van der Waals surface area (Å²) in [6, 6.07) is 7.03. The Morgan fingerprint density at radius 1 is 1.17 bits per heavy atom. The molecule has 0 fully saturated rings. The lowest BCUT2D eigenvalue weighted by Crippen LogP contribution is -2.15. The molecule has 2 aromatic heterocycles. The number of hydrogen-bond donors (Lipinski definition) is 2. The third-order valence-corrected chi connectivity index (χ3v) is 5.43. The fourth-order valence-corrected chi connectivity index (χ4v) is 3.82. The number of hydrogen-bond acceptors (Lipinski definition) is 7. The molecule has 0 amide bonds. The van der Waals surface area contributed by atoms with Gasteiger partial charge in [0.05, 0.1) is 23.5 Å². The minimum absolute atomic E-state index is 0.0422. The lowest BCUT2D eigenvalue weighted by Gasteiger charge is -2.06. The second kappa shape index (κ2) is 8.71. The largest absolute Gasteiger partial charge is 0.462 e. The van der Waals surface area contributed by atoms with Crippen LogP contribution in [0, 0.1) is 13.8 Å². The Balaban J connectivity index is 1.79. The van der Waals surface area contributed by atoms with Crippen LogP contribution in [0.5, 0.6) is 0 Å². The third kappa shape index (κ3) is 4.30. The smallest absolute Gasteiger partial charge is 0.340 e. The van der Waals surface area contributed by atoms with Crippen LogP contribution < -0.4 is 5.84 Å². The van der Waals surface area contributed by atoms with E-state index in [2.05, 4.69) is 15.2 Å². The molecule has 0 spiro atoms. The van der Waals surface area contributed by atoms with Crippen molar-refractivity contribution in [1.29, 1.82) is 0 Å². The second-order valence-corrected chi connectivity index (χ2v) is 7.62. The van der Waals surface area contributed by atoms with Crippen molar-refractivity contribution in [2.75, 3.05) is 18.2 Å². The lowest BCUT2D eigenvalue weighted by atomic mass is 10.1. The van der Waals surface area contributed by atoms with Gasteiger partial charge >= 0.3 is 5.97 Å². The van der Waals surface area contributed by atoms with Gasteiger partial charge in [-0.05, 0) is 45.0 Å². The molecule has 10 heteroatoms. The standard InChI is InChI=1S/C19H20ClN5O3S/c1-4-28-18(27)16-11(3)22-10(2)15(16)14(26)9-29-19-24-23-17(25(19)21)12-5-7-13(20)8-6-12/h5-8,22H,4,9,21H2,1-3H3. The van der Waals surface area contributed by atoms with Gasteiger partial charge in [0, 0.05) is 22.0 Å². The Morgan fingerprint density at radius 2 is 1.83 bits per heavy atom. The number of nitrogens with two attached hydrogens (primary N) is 1. The number of carbonyl (C=O) groups excluding carboxylic acids is 2. The van der Waals surface area contributed by atoms with E-state index in [1.54, 1.807) is 45.0 Å². The van der Waals surface area contributed by atoms with Gasteiger partial charge in [-0.15, -0.1) is 10.2 Å². The molecule has 0 saturated heterocycles. The number of carbonyl (C=O) groups is 2. The third-order valence-electron chi connectivity index (χ3n) is 4.23. The molecule has 0 aliphatic carbocycles. The highest BCUT2D eigenvalue weighted by Gasteiger charge is 2.26. The van der Waals surface area contributed by atoms with E-state index in [1.807, 2.05) is 0 Å². The summed E-state index contributed by atoms with van der Waals surface area (Å²) in [6.07, 6.45) is 0. The summed E-state index contributed by atoms with van der Waals surface area (Å²) in [4.78, 5) is 28.1. The van der Waals surface area contributed by atoms with Crippen LogP contribution in [0.4, 0.5) is 0 Å². The first kappa shape index (κ1) is 20.9. The van der Waals surface area contributed by atoms with Crippen molar-refractivity contribution < 1.29 is 14.3 Å². The molecule has 0 aliphatic rings. The van der Waals surface area contributed by atoms with Crippen LogP contribution in [-0.2, 0) is 4.74 Å². The normalized spacial score (nSPS) is 10.9. The molecular weight excluding hydrogens is 414 g/mol. The number of aryl methyl sites for hydroxylation is 2. The molecule has 29 heavy (non-hydrogen) atoms. The Labute approximate surface area is 176 Å². The molecule has 3 N–H and O–H groups in total. The molecule has 2 heterocycles. The fourth-order valence-electron chi connectivity index (χ4n) is 2.96. The van der Waals surface area contributed by atoms with Crippen LogP contribution in [0.1, 0.15) is 39.0 Å². The molecule has 0 saturated carbocycles. The summed E-state index contributed by atoms with van der Waals surface area (Å²) in [7, 11) is 0. The predicted octanol–water partition coefficient (Wildman–Crippen LogP) is 3.41. The SMILES string of the molecule is CCOC(=O)c1c(C)[nH]c(C)c1C(=O)CSc1nnc(-c2ccc(Cl)cc2)n1N. The van der Waals surface area contributed by atoms with E-state index in [0.717, 1.165) is 17.3 Å². The molecule has 3 rings (SSSR count). The zero-order valence-electron chi connectivity index (χ0n) is 16.2. The quantitative estimate of drug-likeness (QED) is 0.254. The summed E-state index contributed by atoms with van der Waals surface area (Å²) < 4.78 is 6.40. The number of rotatable bonds is 7. The number of Topliss-reactive ketones (excluding diaryl/α,β-unsaturated/α-hetero) is 1. The number of esters is 1. The number of aromatic amines is 1. The Morgan fingerprint density at radius 3 is 2.48 bits per heavy atom. The van der Waals surface area contributed by atoms with Crippen LogP contribution >= 0.6 is 23.4 Å². The van der Waals surface area contributed by atoms with Crippen molar-refractivity contribution in [3.63, 3.8) is 0 Å². The van der Waals surface area contributed by atoms with Gasteiger partial charge in [-0.25, -0.2) is 9.47 Å². The van der Waals surface area contributed by atoms with Gasteiger partial charge in [0.25, 0.3) is 0 Å². The van der Waals surface area contributed by atoms with Crippen molar-refractivity contribution in [3.8, 4) is 11.4 Å². The van der Waals surface area contributed by atoms with Crippen LogP contribution in [0.15, 0.2) is 29.4 Å². The predicted molar refractivity (Wildman–Crippen MR) is 112 cm³/mol. The molecule has 0 bridgehead atoms. The zero-order chi connectivity index (χ0) is 21.1. The van der Waals surface area contributed by atoms with E-state index < -0.39 is 5.97 Å². The van der Waals surface area contributed by atoms with Crippen molar-refractivity contribution in [2.45, 2.75) is 25.9 Å². The molecule has 0 unspecified atom stereocenters. The average Bonchev–Trinajstić information content (AvgIpc) is 3.19. The Bertz CT molecular complexity index is 1060. The minimum atomic E-state index is -0.519.